The average Bonchev–Trinajstić information content (AvgIpc) is 3.49. The molecule has 170 valence electrons. The highest BCUT2D eigenvalue weighted by molar-refractivity contribution is 6.35. The molecule has 9 heteroatoms. The van der Waals surface area contributed by atoms with E-state index in [4.69, 9.17) is 27.9 Å². The Morgan fingerprint density at radius 2 is 1.91 bits per heavy atom. The third-order valence-electron chi connectivity index (χ3n) is 7.68. The molecule has 33 heavy (non-hydrogen) atoms. The Bertz CT molecular complexity index is 1260. The first kappa shape index (κ1) is 21.0. The van der Waals surface area contributed by atoms with Crippen molar-refractivity contribution in [2.75, 3.05) is 23.9 Å². The number of nitrogens with zero attached hydrogens (tertiary/aromatic N) is 2. The van der Waals surface area contributed by atoms with Gasteiger partial charge in [0, 0.05) is 22.7 Å². The summed E-state index contributed by atoms with van der Waals surface area (Å²) < 4.78 is 5.47. The van der Waals surface area contributed by atoms with E-state index >= 15 is 0 Å². The molecule has 3 fully saturated rings. The molecule has 4 atom stereocenters. The largest absolute Gasteiger partial charge is 0.495 e. The molecule has 6 rings (SSSR count). The van der Waals surface area contributed by atoms with E-state index in [9.17, 15) is 14.4 Å². The molecular formula is C24H21Cl2N3O4. The van der Waals surface area contributed by atoms with Crippen LogP contribution in [0.5, 0.6) is 5.75 Å². The van der Waals surface area contributed by atoms with Gasteiger partial charge in [0.05, 0.1) is 35.3 Å². The van der Waals surface area contributed by atoms with Gasteiger partial charge in [-0.25, -0.2) is 4.90 Å². The van der Waals surface area contributed by atoms with E-state index in [2.05, 4.69) is 10.2 Å². The lowest BCUT2D eigenvalue weighted by Gasteiger charge is -2.36. The highest BCUT2D eigenvalue weighted by atomic mass is 35.5. The van der Waals surface area contributed by atoms with Crippen molar-refractivity contribution in [2.45, 2.75) is 31.3 Å². The Labute approximate surface area is 200 Å². The number of methoxy groups -OCH3 is 1. The first-order valence-corrected chi connectivity index (χ1v) is 11.7. The topological polar surface area (TPSA) is 79.0 Å². The number of imide groups is 1. The SMILES string of the molecule is COc1cc(Cl)c(C)cc1N1C(=O)C2C3CCCN3C3(C(=O)Nc4c(Cl)cccc43)C2C1=O. The van der Waals surface area contributed by atoms with E-state index in [0.29, 0.717) is 39.3 Å². The minimum absolute atomic E-state index is 0.202. The molecule has 4 heterocycles. The van der Waals surface area contributed by atoms with Crippen molar-refractivity contribution in [3.05, 3.63) is 51.5 Å². The molecule has 3 saturated heterocycles. The van der Waals surface area contributed by atoms with Crippen LogP contribution >= 0.6 is 23.2 Å². The fraction of sp³-hybridized carbons (Fsp3) is 0.375. The number of hydrogen-bond acceptors (Lipinski definition) is 5. The van der Waals surface area contributed by atoms with Gasteiger partial charge in [-0.3, -0.25) is 19.3 Å². The first-order chi connectivity index (χ1) is 15.8. The zero-order chi connectivity index (χ0) is 23.2. The van der Waals surface area contributed by atoms with Crippen molar-refractivity contribution in [3.63, 3.8) is 0 Å². The number of fused-ring (bicyclic) bond motifs is 7. The maximum Gasteiger partial charge on any atom is 0.250 e. The summed E-state index contributed by atoms with van der Waals surface area (Å²) in [5, 5.41) is 3.81. The zero-order valence-electron chi connectivity index (χ0n) is 18.0. The quantitative estimate of drug-likeness (QED) is 0.655. The van der Waals surface area contributed by atoms with Crippen LogP contribution in [0.3, 0.4) is 0 Å². The summed E-state index contributed by atoms with van der Waals surface area (Å²) in [5.74, 6) is -2.15. The number of carbonyl (C=O) groups is 3. The minimum atomic E-state index is -1.26. The van der Waals surface area contributed by atoms with E-state index in [1.165, 1.54) is 12.0 Å². The van der Waals surface area contributed by atoms with Gasteiger partial charge in [0.1, 0.15) is 11.3 Å². The molecule has 0 saturated carbocycles. The third kappa shape index (κ3) is 2.42. The number of nitrogens with one attached hydrogen (secondary N) is 1. The summed E-state index contributed by atoms with van der Waals surface area (Å²) in [6, 6.07) is 8.43. The number of aryl methyl sites for hydroxylation is 1. The molecule has 0 aliphatic carbocycles. The molecule has 0 bridgehead atoms. The van der Waals surface area contributed by atoms with Crippen molar-refractivity contribution < 1.29 is 19.1 Å². The van der Waals surface area contributed by atoms with E-state index in [1.807, 2.05) is 6.07 Å². The van der Waals surface area contributed by atoms with E-state index in [1.54, 1.807) is 31.2 Å². The van der Waals surface area contributed by atoms with Gasteiger partial charge < -0.3 is 10.1 Å². The van der Waals surface area contributed by atoms with Crippen LogP contribution in [0, 0.1) is 18.8 Å². The van der Waals surface area contributed by atoms with Gasteiger partial charge in [0.2, 0.25) is 11.8 Å². The minimum Gasteiger partial charge on any atom is -0.495 e. The molecule has 2 aromatic rings. The Morgan fingerprint density at radius 1 is 1.12 bits per heavy atom. The smallest absolute Gasteiger partial charge is 0.250 e. The molecule has 0 aromatic heterocycles. The molecule has 4 aliphatic heterocycles. The Hall–Kier alpha value is -2.61. The van der Waals surface area contributed by atoms with Gasteiger partial charge in [-0.1, -0.05) is 35.3 Å². The first-order valence-electron chi connectivity index (χ1n) is 10.9. The van der Waals surface area contributed by atoms with Gasteiger partial charge in [0.15, 0.2) is 0 Å². The number of halogens is 2. The molecular weight excluding hydrogens is 465 g/mol. The van der Waals surface area contributed by atoms with Gasteiger partial charge in [0.25, 0.3) is 5.91 Å². The summed E-state index contributed by atoms with van der Waals surface area (Å²) in [4.78, 5) is 44.9. The maximum absolute atomic E-state index is 14.1. The molecule has 1 N–H and O–H groups in total. The average molecular weight is 486 g/mol. The number of anilines is 2. The predicted octanol–water partition coefficient (Wildman–Crippen LogP) is 3.74. The number of carbonyl (C=O) groups excluding carboxylic acids is 3. The van der Waals surface area contributed by atoms with Crippen LogP contribution in [0.1, 0.15) is 24.0 Å². The van der Waals surface area contributed by atoms with Crippen LogP contribution in [0.4, 0.5) is 11.4 Å². The number of benzene rings is 2. The lowest BCUT2D eigenvalue weighted by atomic mass is 9.75. The molecule has 4 unspecified atom stereocenters. The summed E-state index contributed by atoms with van der Waals surface area (Å²) in [6.45, 7) is 2.45. The second-order valence-electron chi connectivity index (χ2n) is 9.07. The normalized spacial score (nSPS) is 30.1. The highest BCUT2D eigenvalue weighted by Crippen LogP contribution is 2.61. The lowest BCUT2D eigenvalue weighted by Crippen LogP contribution is -2.54. The molecule has 7 nitrogen and oxygen atoms in total. The second kappa shape index (κ2) is 6.95. The van der Waals surface area contributed by atoms with Gasteiger partial charge >= 0.3 is 0 Å². The maximum atomic E-state index is 14.1. The van der Waals surface area contributed by atoms with Crippen LogP contribution in [0.2, 0.25) is 10.0 Å². The summed E-state index contributed by atoms with van der Waals surface area (Å²) in [6.07, 6.45) is 1.60. The van der Waals surface area contributed by atoms with Crippen molar-refractivity contribution >= 4 is 52.3 Å². The van der Waals surface area contributed by atoms with Crippen molar-refractivity contribution in [1.82, 2.24) is 4.90 Å². The molecule has 1 spiro atoms. The van der Waals surface area contributed by atoms with E-state index in [-0.39, 0.29) is 17.9 Å². The molecule has 3 amide bonds. The van der Waals surface area contributed by atoms with Crippen LogP contribution in [-0.4, -0.2) is 42.3 Å². The Kier molecular flexibility index (Phi) is 4.41. The highest BCUT2D eigenvalue weighted by Gasteiger charge is 2.74. The van der Waals surface area contributed by atoms with Crippen molar-refractivity contribution in [3.8, 4) is 5.75 Å². The summed E-state index contributed by atoms with van der Waals surface area (Å²) in [7, 11) is 1.47. The van der Waals surface area contributed by atoms with E-state index in [0.717, 1.165) is 18.4 Å². The second-order valence-corrected chi connectivity index (χ2v) is 9.89. The monoisotopic (exact) mass is 485 g/mol. The standard InChI is InChI=1S/C24H21Cl2N3O4/c1-11-9-16(17(33-2)10-14(11)26)29-21(30)18-15-7-4-8-28(15)24(19(18)22(29)31)12-5-3-6-13(25)20(12)27-23(24)32/h3,5-6,9-10,15,18-19H,4,7-8H2,1-2H3,(H,27,32). The number of amides is 3. The summed E-state index contributed by atoms with van der Waals surface area (Å²) >= 11 is 12.7. The lowest BCUT2D eigenvalue weighted by molar-refractivity contribution is -0.135. The van der Waals surface area contributed by atoms with Crippen LogP contribution in [-0.2, 0) is 19.9 Å². The Morgan fingerprint density at radius 3 is 2.67 bits per heavy atom. The predicted molar refractivity (Wildman–Crippen MR) is 124 cm³/mol. The number of hydrogen-bond donors (Lipinski definition) is 1. The third-order valence-corrected chi connectivity index (χ3v) is 8.40. The summed E-state index contributed by atoms with van der Waals surface area (Å²) in [5.41, 5.74) is 1.00. The number of rotatable bonds is 2. The van der Waals surface area contributed by atoms with E-state index < -0.39 is 23.3 Å². The van der Waals surface area contributed by atoms with Crippen LogP contribution in [0.25, 0.3) is 0 Å². The van der Waals surface area contributed by atoms with Gasteiger partial charge in [-0.05, 0) is 44.0 Å². The van der Waals surface area contributed by atoms with Gasteiger partial charge in [-0.15, -0.1) is 0 Å². The molecule has 2 aromatic carbocycles. The Balaban J connectivity index is 1.57. The van der Waals surface area contributed by atoms with Crippen molar-refractivity contribution in [2.24, 2.45) is 11.8 Å². The van der Waals surface area contributed by atoms with Crippen molar-refractivity contribution in [1.29, 1.82) is 0 Å². The fourth-order valence-corrected chi connectivity index (χ4v) is 6.79. The van der Waals surface area contributed by atoms with Crippen LogP contribution < -0.4 is 15.0 Å². The molecule has 0 radical (unpaired) electrons. The van der Waals surface area contributed by atoms with Gasteiger partial charge in [-0.2, -0.15) is 0 Å². The number of para-hydroxylation sites is 1. The fourth-order valence-electron chi connectivity index (χ4n) is 6.42. The zero-order valence-corrected chi connectivity index (χ0v) is 19.5. The van der Waals surface area contributed by atoms with Crippen LogP contribution in [0.15, 0.2) is 30.3 Å². The molecule has 4 aliphatic rings. The number of ether oxygens (including phenoxy) is 1.